The first-order chi connectivity index (χ1) is 4.70. The van der Waals surface area contributed by atoms with Gasteiger partial charge >= 0.3 is 0 Å². The lowest BCUT2D eigenvalue weighted by atomic mass is 10.1. The minimum absolute atomic E-state index is 0.127. The third-order valence-electron chi connectivity index (χ3n) is 1.28. The van der Waals surface area contributed by atoms with Crippen LogP contribution >= 0.6 is 0 Å². The van der Waals surface area contributed by atoms with E-state index in [0.29, 0.717) is 0 Å². The highest BCUT2D eigenvalue weighted by molar-refractivity contribution is 5.13. The average Bonchev–Trinajstić information content (AvgIpc) is 1.88. The molecule has 0 unspecified atom stereocenters. The summed E-state index contributed by atoms with van der Waals surface area (Å²) in [6, 6.07) is 2.91. The fourth-order valence-corrected chi connectivity index (χ4v) is 0.701. The molecule has 0 aliphatic rings. The van der Waals surface area contributed by atoms with Gasteiger partial charge in [-0.3, -0.25) is 0 Å². The van der Waals surface area contributed by atoms with Gasteiger partial charge in [0.2, 0.25) is 5.95 Å². The van der Waals surface area contributed by atoms with E-state index < -0.39 is 5.95 Å². The highest BCUT2D eigenvalue weighted by atomic mass is 19.1. The number of aromatic nitrogens is 1. The molecule has 1 aromatic heterocycles. The number of rotatable bonds is 1. The maximum absolute atomic E-state index is 12.4. The lowest BCUT2D eigenvalue weighted by Gasteiger charge is -2.02. The van der Waals surface area contributed by atoms with Crippen LogP contribution in [-0.4, -0.2) is 4.98 Å². The van der Waals surface area contributed by atoms with Crippen LogP contribution in [0.15, 0.2) is 18.3 Å². The molecule has 1 atom stereocenters. The number of hydrogen-bond acceptors (Lipinski definition) is 2. The molecule has 1 heterocycles. The summed E-state index contributed by atoms with van der Waals surface area (Å²) in [4.78, 5) is 3.40. The van der Waals surface area contributed by atoms with E-state index in [2.05, 4.69) is 4.98 Å². The minimum atomic E-state index is -0.477. The Morgan fingerprint density at radius 2 is 2.40 bits per heavy atom. The average molecular weight is 140 g/mol. The smallest absolute Gasteiger partial charge is 0.213 e. The summed E-state index contributed by atoms with van der Waals surface area (Å²) in [5.41, 5.74) is 6.26. The molecule has 0 saturated carbocycles. The molecule has 0 radical (unpaired) electrons. The van der Waals surface area contributed by atoms with E-state index in [9.17, 15) is 4.39 Å². The van der Waals surface area contributed by atoms with E-state index in [0.717, 1.165) is 5.56 Å². The van der Waals surface area contributed by atoms with Crippen LogP contribution in [0.5, 0.6) is 0 Å². The van der Waals surface area contributed by atoms with Crippen LogP contribution in [0.25, 0.3) is 0 Å². The van der Waals surface area contributed by atoms with Crippen LogP contribution in [0.1, 0.15) is 18.5 Å². The van der Waals surface area contributed by atoms with Crippen LogP contribution in [0.4, 0.5) is 4.39 Å². The molecule has 2 nitrogen and oxygen atoms in total. The van der Waals surface area contributed by atoms with Gasteiger partial charge in [-0.25, -0.2) is 4.98 Å². The fraction of sp³-hybridized carbons (Fsp3) is 0.286. The summed E-state index contributed by atoms with van der Waals surface area (Å²) in [5.74, 6) is -0.477. The van der Waals surface area contributed by atoms with Gasteiger partial charge in [0.1, 0.15) is 0 Å². The van der Waals surface area contributed by atoms with Gasteiger partial charge in [0, 0.05) is 12.2 Å². The van der Waals surface area contributed by atoms with Crippen molar-refractivity contribution in [1.29, 1.82) is 0 Å². The number of nitrogens with zero attached hydrogens (tertiary/aromatic N) is 1. The quantitative estimate of drug-likeness (QED) is 0.596. The molecular formula is C7H9FN2. The summed E-state index contributed by atoms with van der Waals surface area (Å²) in [7, 11) is 0. The van der Waals surface area contributed by atoms with Crippen molar-refractivity contribution in [3.8, 4) is 0 Å². The van der Waals surface area contributed by atoms with Gasteiger partial charge in [-0.05, 0) is 24.6 Å². The van der Waals surface area contributed by atoms with Gasteiger partial charge in [-0.15, -0.1) is 0 Å². The highest BCUT2D eigenvalue weighted by Gasteiger charge is 1.99. The summed E-state index contributed by atoms with van der Waals surface area (Å²) in [6.07, 6.45) is 1.41. The van der Waals surface area contributed by atoms with Crippen LogP contribution < -0.4 is 5.73 Å². The lowest BCUT2D eigenvalue weighted by molar-refractivity contribution is 0.578. The Bertz CT molecular complexity index is 223. The van der Waals surface area contributed by atoms with E-state index in [1.807, 2.05) is 0 Å². The van der Waals surface area contributed by atoms with Gasteiger partial charge in [-0.2, -0.15) is 4.39 Å². The normalized spacial score (nSPS) is 13.1. The Labute approximate surface area is 58.9 Å². The molecule has 10 heavy (non-hydrogen) atoms. The van der Waals surface area contributed by atoms with Crippen molar-refractivity contribution in [3.05, 3.63) is 29.8 Å². The van der Waals surface area contributed by atoms with Crippen molar-refractivity contribution in [3.63, 3.8) is 0 Å². The van der Waals surface area contributed by atoms with Gasteiger partial charge in [-0.1, -0.05) is 0 Å². The van der Waals surface area contributed by atoms with E-state index in [1.165, 1.54) is 12.3 Å². The monoisotopic (exact) mass is 140 g/mol. The molecule has 0 fully saturated rings. The van der Waals surface area contributed by atoms with E-state index >= 15 is 0 Å². The molecule has 1 rings (SSSR count). The van der Waals surface area contributed by atoms with Gasteiger partial charge in [0.05, 0.1) is 0 Å². The van der Waals surface area contributed by atoms with E-state index in [1.54, 1.807) is 13.0 Å². The number of hydrogen-bond donors (Lipinski definition) is 1. The third-order valence-corrected chi connectivity index (χ3v) is 1.28. The molecule has 0 aliphatic heterocycles. The number of nitrogens with two attached hydrogens (primary N) is 1. The Balaban J connectivity index is 2.96. The minimum Gasteiger partial charge on any atom is -0.324 e. The van der Waals surface area contributed by atoms with E-state index in [4.69, 9.17) is 5.73 Å². The maximum Gasteiger partial charge on any atom is 0.213 e. The van der Waals surface area contributed by atoms with Crippen molar-refractivity contribution in [2.75, 3.05) is 0 Å². The van der Waals surface area contributed by atoms with Crippen LogP contribution in [0.3, 0.4) is 0 Å². The molecule has 0 bridgehead atoms. The first kappa shape index (κ1) is 7.15. The Kier molecular flexibility index (Phi) is 1.97. The summed E-state index contributed by atoms with van der Waals surface area (Å²) < 4.78 is 12.4. The Morgan fingerprint density at radius 1 is 1.70 bits per heavy atom. The van der Waals surface area contributed by atoms with Crippen molar-refractivity contribution in [2.45, 2.75) is 13.0 Å². The maximum atomic E-state index is 12.4. The molecule has 0 saturated heterocycles. The van der Waals surface area contributed by atoms with Gasteiger partial charge in [0.25, 0.3) is 0 Å². The molecule has 0 amide bonds. The largest absolute Gasteiger partial charge is 0.324 e. The lowest BCUT2D eigenvalue weighted by Crippen LogP contribution is -2.05. The first-order valence-corrected chi connectivity index (χ1v) is 3.07. The van der Waals surface area contributed by atoms with Crippen molar-refractivity contribution >= 4 is 0 Å². The van der Waals surface area contributed by atoms with Gasteiger partial charge in [0.15, 0.2) is 0 Å². The van der Waals surface area contributed by atoms with E-state index in [-0.39, 0.29) is 6.04 Å². The zero-order chi connectivity index (χ0) is 7.56. The second-order valence-corrected chi connectivity index (χ2v) is 2.20. The summed E-state index contributed by atoms with van der Waals surface area (Å²) in [5, 5.41) is 0. The van der Waals surface area contributed by atoms with Crippen LogP contribution in [0, 0.1) is 5.95 Å². The standard InChI is InChI=1S/C7H9FN2/c1-5(9)6-2-3-10-7(8)4-6/h2-5H,9H2,1H3/t5-/m1/s1. The second kappa shape index (κ2) is 2.75. The molecule has 2 N–H and O–H groups in total. The summed E-state index contributed by atoms with van der Waals surface area (Å²) in [6.45, 7) is 1.80. The molecule has 0 aromatic carbocycles. The van der Waals surface area contributed by atoms with Crippen LogP contribution in [0.2, 0.25) is 0 Å². The Morgan fingerprint density at radius 3 is 2.80 bits per heavy atom. The SMILES string of the molecule is C[C@@H](N)c1ccnc(F)c1. The zero-order valence-electron chi connectivity index (χ0n) is 5.71. The highest BCUT2D eigenvalue weighted by Crippen LogP contribution is 2.07. The topological polar surface area (TPSA) is 38.9 Å². The van der Waals surface area contributed by atoms with Crippen molar-refractivity contribution in [1.82, 2.24) is 4.98 Å². The number of pyridine rings is 1. The first-order valence-electron chi connectivity index (χ1n) is 3.07. The fourth-order valence-electron chi connectivity index (χ4n) is 0.701. The van der Waals surface area contributed by atoms with Crippen LogP contribution in [-0.2, 0) is 0 Å². The molecule has 1 aromatic rings. The summed E-state index contributed by atoms with van der Waals surface area (Å²) >= 11 is 0. The third kappa shape index (κ3) is 1.51. The number of halogens is 1. The predicted octanol–water partition coefficient (Wildman–Crippen LogP) is 1.24. The predicted molar refractivity (Wildman–Crippen MR) is 36.8 cm³/mol. The van der Waals surface area contributed by atoms with Gasteiger partial charge < -0.3 is 5.73 Å². The molecule has 0 aliphatic carbocycles. The zero-order valence-corrected chi connectivity index (χ0v) is 5.71. The Hall–Kier alpha value is -0.960. The van der Waals surface area contributed by atoms with Crippen molar-refractivity contribution < 1.29 is 4.39 Å². The molecule has 54 valence electrons. The molecular weight excluding hydrogens is 131 g/mol. The van der Waals surface area contributed by atoms with Crippen molar-refractivity contribution in [2.24, 2.45) is 5.73 Å². The molecule has 3 heteroatoms. The second-order valence-electron chi connectivity index (χ2n) is 2.20. The molecule has 0 spiro atoms.